The minimum atomic E-state index is -0.188. The van der Waals surface area contributed by atoms with E-state index >= 15 is 0 Å². The van der Waals surface area contributed by atoms with E-state index in [1.54, 1.807) is 32.4 Å². The maximum atomic E-state index is 12.3. The molecular formula is C16H23N3O3. The Morgan fingerprint density at radius 1 is 1.36 bits per heavy atom. The van der Waals surface area contributed by atoms with E-state index < -0.39 is 0 Å². The zero-order valence-electron chi connectivity index (χ0n) is 13.2. The summed E-state index contributed by atoms with van der Waals surface area (Å²) in [4.78, 5) is 24.5. The van der Waals surface area contributed by atoms with Crippen LogP contribution in [-0.2, 0) is 4.79 Å². The average Bonchev–Trinajstić information content (AvgIpc) is 3.31. The predicted molar refractivity (Wildman–Crippen MR) is 85.2 cm³/mol. The van der Waals surface area contributed by atoms with Gasteiger partial charge in [0.05, 0.1) is 18.4 Å². The minimum Gasteiger partial charge on any atom is -0.497 e. The minimum absolute atomic E-state index is 0.125. The number of benzene rings is 1. The van der Waals surface area contributed by atoms with Crippen LogP contribution in [0.4, 0.5) is 5.69 Å². The van der Waals surface area contributed by atoms with Gasteiger partial charge in [-0.25, -0.2) is 0 Å². The molecule has 3 N–H and O–H groups in total. The van der Waals surface area contributed by atoms with Crippen LogP contribution < -0.4 is 20.7 Å². The average molecular weight is 305 g/mol. The SMILES string of the molecule is CNCC(C)C(=O)Nc1ccc(OC)cc1C(=O)NC1CC1. The Hall–Kier alpha value is -2.08. The van der Waals surface area contributed by atoms with Crippen LogP contribution in [0, 0.1) is 5.92 Å². The van der Waals surface area contributed by atoms with Gasteiger partial charge in [0.2, 0.25) is 5.91 Å². The molecule has 1 saturated carbocycles. The van der Waals surface area contributed by atoms with Crippen LogP contribution in [0.2, 0.25) is 0 Å². The van der Waals surface area contributed by atoms with Crippen molar-refractivity contribution in [2.45, 2.75) is 25.8 Å². The van der Waals surface area contributed by atoms with Crippen LogP contribution in [0.15, 0.2) is 18.2 Å². The monoisotopic (exact) mass is 305 g/mol. The number of carbonyl (C=O) groups is 2. The number of amides is 2. The summed E-state index contributed by atoms with van der Waals surface area (Å²) in [6.45, 7) is 2.41. The van der Waals surface area contributed by atoms with Crippen LogP contribution in [0.25, 0.3) is 0 Å². The van der Waals surface area contributed by atoms with E-state index in [-0.39, 0.29) is 23.8 Å². The highest BCUT2D eigenvalue weighted by Gasteiger charge is 2.25. The van der Waals surface area contributed by atoms with E-state index in [1.807, 2.05) is 6.92 Å². The molecule has 0 aromatic heterocycles. The quantitative estimate of drug-likeness (QED) is 0.711. The van der Waals surface area contributed by atoms with Crippen molar-refractivity contribution in [1.82, 2.24) is 10.6 Å². The molecule has 6 nitrogen and oxygen atoms in total. The fourth-order valence-corrected chi connectivity index (χ4v) is 2.09. The highest BCUT2D eigenvalue weighted by Crippen LogP contribution is 2.25. The first-order valence-electron chi connectivity index (χ1n) is 7.49. The fraction of sp³-hybridized carbons (Fsp3) is 0.500. The second kappa shape index (κ2) is 7.26. The number of nitrogens with one attached hydrogen (secondary N) is 3. The number of carbonyl (C=O) groups excluding carboxylic acids is 2. The van der Waals surface area contributed by atoms with Gasteiger partial charge < -0.3 is 20.7 Å². The molecule has 0 heterocycles. The van der Waals surface area contributed by atoms with Crippen molar-refractivity contribution >= 4 is 17.5 Å². The van der Waals surface area contributed by atoms with Crippen LogP contribution >= 0.6 is 0 Å². The summed E-state index contributed by atoms with van der Waals surface area (Å²) in [5.41, 5.74) is 0.933. The summed E-state index contributed by atoms with van der Waals surface area (Å²) >= 11 is 0. The Bertz CT molecular complexity index is 556. The van der Waals surface area contributed by atoms with Gasteiger partial charge in [-0.3, -0.25) is 9.59 Å². The summed E-state index contributed by atoms with van der Waals surface area (Å²) in [5.74, 6) is 0.0895. The molecule has 1 aliphatic carbocycles. The van der Waals surface area contributed by atoms with Crippen molar-refractivity contribution in [3.8, 4) is 5.75 Å². The van der Waals surface area contributed by atoms with Crippen molar-refractivity contribution < 1.29 is 14.3 Å². The van der Waals surface area contributed by atoms with E-state index in [0.29, 0.717) is 23.5 Å². The molecule has 2 rings (SSSR count). The lowest BCUT2D eigenvalue weighted by atomic mass is 10.1. The molecule has 2 amide bonds. The first-order valence-corrected chi connectivity index (χ1v) is 7.49. The third-order valence-corrected chi connectivity index (χ3v) is 3.60. The number of hydrogen-bond acceptors (Lipinski definition) is 4. The predicted octanol–water partition coefficient (Wildman–Crippen LogP) is 1.38. The van der Waals surface area contributed by atoms with Gasteiger partial charge >= 0.3 is 0 Å². The summed E-state index contributed by atoms with van der Waals surface area (Å²) in [5, 5.41) is 8.72. The van der Waals surface area contributed by atoms with Crippen molar-refractivity contribution in [2.24, 2.45) is 5.92 Å². The van der Waals surface area contributed by atoms with Gasteiger partial charge in [0, 0.05) is 18.5 Å². The van der Waals surface area contributed by atoms with E-state index in [4.69, 9.17) is 4.74 Å². The van der Waals surface area contributed by atoms with Gasteiger partial charge in [0.15, 0.2) is 0 Å². The number of ether oxygens (including phenoxy) is 1. The smallest absolute Gasteiger partial charge is 0.253 e. The summed E-state index contributed by atoms with van der Waals surface area (Å²) in [7, 11) is 3.34. The van der Waals surface area contributed by atoms with Gasteiger partial charge in [-0.15, -0.1) is 0 Å². The lowest BCUT2D eigenvalue weighted by Crippen LogP contribution is -2.30. The number of rotatable bonds is 7. The van der Waals surface area contributed by atoms with Gasteiger partial charge in [-0.2, -0.15) is 0 Å². The molecule has 6 heteroatoms. The van der Waals surface area contributed by atoms with E-state index in [1.165, 1.54) is 0 Å². The van der Waals surface area contributed by atoms with E-state index in [9.17, 15) is 9.59 Å². The molecule has 0 bridgehead atoms. The Balaban J connectivity index is 2.17. The summed E-state index contributed by atoms with van der Waals surface area (Å²) in [6.07, 6.45) is 2.02. The van der Waals surface area contributed by atoms with Crippen LogP contribution in [0.1, 0.15) is 30.1 Å². The van der Waals surface area contributed by atoms with Gasteiger partial charge in [0.25, 0.3) is 5.91 Å². The van der Waals surface area contributed by atoms with Crippen molar-refractivity contribution in [2.75, 3.05) is 26.0 Å². The zero-order valence-corrected chi connectivity index (χ0v) is 13.2. The number of methoxy groups -OCH3 is 1. The lowest BCUT2D eigenvalue weighted by molar-refractivity contribution is -0.119. The molecule has 1 atom stereocenters. The molecule has 1 aromatic rings. The topological polar surface area (TPSA) is 79.5 Å². The highest BCUT2D eigenvalue weighted by molar-refractivity contribution is 6.04. The third-order valence-electron chi connectivity index (χ3n) is 3.60. The molecule has 1 fully saturated rings. The first kappa shape index (κ1) is 16.3. The molecule has 0 saturated heterocycles. The molecular weight excluding hydrogens is 282 g/mol. The van der Waals surface area contributed by atoms with Crippen LogP contribution in [0.3, 0.4) is 0 Å². The lowest BCUT2D eigenvalue weighted by Gasteiger charge is -2.15. The Labute approximate surface area is 130 Å². The molecule has 0 aliphatic heterocycles. The molecule has 1 unspecified atom stereocenters. The second-order valence-corrected chi connectivity index (χ2v) is 5.61. The molecule has 0 radical (unpaired) electrons. The van der Waals surface area contributed by atoms with Crippen molar-refractivity contribution in [1.29, 1.82) is 0 Å². The highest BCUT2D eigenvalue weighted by atomic mass is 16.5. The first-order chi connectivity index (χ1) is 10.5. The molecule has 0 spiro atoms. The Morgan fingerprint density at radius 2 is 2.09 bits per heavy atom. The Morgan fingerprint density at radius 3 is 2.68 bits per heavy atom. The number of hydrogen-bond donors (Lipinski definition) is 3. The summed E-state index contributed by atoms with van der Waals surface area (Å²) < 4.78 is 5.17. The molecule has 1 aromatic carbocycles. The third kappa shape index (κ3) is 4.21. The van der Waals surface area contributed by atoms with Gasteiger partial charge in [-0.05, 0) is 38.1 Å². The molecule has 22 heavy (non-hydrogen) atoms. The largest absolute Gasteiger partial charge is 0.497 e. The molecule has 1 aliphatic rings. The van der Waals surface area contributed by atoms with Crippen LogP contribution in [0.5, 0.6) is 5.75 Å². The van der Waals surface area contributed by atoms with Crippen molar-refractivity contribution in [3.05, 3.63) is 23.8 Å². The van der Waals surface area contributed by atoms with Gasteiger partial charge in [0.1, 0.15) is 5.75 Å². The normalized spacial score (nSPS) is 15.0. The number of anilines is 1. The second-order valence-electron chi connectivity index (χ2n) is 5.61. The van der Waals surface area contributed by atoms with E-state index in [2.05, 4.69) is 16.0 Å². The van der Waals surface area contributed by atoms with Crippen LogP contribution in [-0.4, -0.2) is 38.6 Å². The maximum Gasteiger partial charge on any atom is 0.253 e. The summed E-state index contributed by atoms with van der Waals surface area (Å²) in [6, 6.07) is 5.33. The van der Waals surface area contributed by atoms with Crippen molar-refractivity contribution in [3.63, 3.8) is 0 Å². The fourth-order valence-electron chi connectivity index (χ4n) is 2.09. The zero-order chi connectivity index (χ0) is 16.1. The van der Waals surface area contributed by atoms with E-state index in [0.717, 1.165) is 12.8 Å². The molecule has 120 valence electrons. The standard InChI is InChI=1S/C16H23N3O3/c1-10(9-17-2)15(20)19-14-7-6-12(22-3)8-13(14)16(21)18-11-4-5-11/h6-8,10-11,17H,4-5,9H2,1-3H3,(H,18,21)(H,19,20). The van der Waals surface area contributed by atoms with Gasteiger partial charge in [-0.1, -0.05) is 6.92 Å². The Kier molecular flexibility index (Phi) is 5.38. The maximum absolute atomic E-state index is 12.3.